The Kier molecular flexibility index (Phi) is 3.08. The molecule has 1 aliphatic rings. The Labute approximate surface area is 94.6 Å². The number of aliphatic imine (C=N–C) groups is 1. The highest BCUT2D eigenvalue weighted by Crippen LogP contribution is 2.17. The molecule has 1 atom stereocenters. The number of anilines is 1. The summed E-state index contributed by atoms with van der Waals surface area (Å²) >= 11 is 0. The van der Waals surface area contributed by atoms with E-state index in [1.165, 1.54) is 6.07 Å². The highest BCUT2D eigenvalue weighted by atomic mass is 19.1. The zero-order valence-electron chi connectivity index (χ0n) is 9.33. The van der Waals surface area contributed by atoms with E-state index < -0.39 is 0 Å². The van der Waals surface area contributed by atoms with E-state index in [9.17, 15) is 4.39 Å². The summed E-state index contributed by atoms with van der Waals surface area (Å²) in [7, 11) is 0. The van der Waals surface area contributed by atoms with Gasteiger partial charge in [-0.15, -0.1) is 0 Å². The third kappa shape index (κ3) is 2.51. The van der Waals surface area contributed by atoms with Crippen molar-refractivity contribution in [1.82, 2.24) is 0 Å². The quantitative estimate of drug-likeness (QED) is 0.820. The van der Waals surface area contributed by atoms with Crippen LogP contribution in [0.2, 0.25) is 0 Å². The average molecular weight is 221 g/mol. The van der Waals surface area contributed by atoms with Crippen LogP contribution in [0.5, 0.6) is 0 Å². The minimum atomic E-state index is -0.213. The smallest absolute Gasteiger partial charge is 0.146 e. The molecule has 0 spiro atoms. The number of nitrogens with two attached hydrogens (primary N) is 1. The first-order valence-corrected chi connectivity index (χ1v) is 5.47. The highest BCUT2D eigenvalue weighted by molar-refractivity contribution is 5.82. The third-order valence-electron chi connectivity index (χ3n) is 2.73. The Hall–Kier alpha value is -1.58. The van der Waals surface area contributed by atoms with Gasteiger partial charge in [-0.25, -0.2) is 4.39 Å². The Morgan fingerprint density at radius 1 is 1.56 bits per heavy atom. The number of halogens is 1. The van der Waals surface area contributed by atoms with Crippen molar-refractivity contribution in [2.75, 3.05) is 11.9 Å². The first kappa shape index (κ1) is 10.9. The van der Waals surface area contributed by atoms with Crippen LogP contribution >= 0.6 is 0 Å². The summed E-state index contributed by atoms with van der Waals surface area (Å²) in [5.41, 5.74) is 7.05. The summed E-state index contributed by atoms with van der Waals surface area (Å²) in [4.78, 5) is 4.26. The van der Waals surface area contributed by atoms with Gasteiger partial charge in [-0.1, -0.05) is 6.07 Å². The fourth-order valence-electron chi connectivity index (χ4n) is 1.82. The van der Waals surface area contributed by atoms with Gasteiger partial charge in [-0.05, 0) is 31.0 Å². The van der Waals surface area contributed by atoms with Gasteiger partial charge in [-0.3, -0.25) is 4.99 Å². The van der Waals surface area contributed by atoms with E-state index in [0.29, 0.717) is 18.1 Å². The van der Waals surface area contributed by atoms with Gasteiger partial charge in [0.1, 0.15) is 5.82 Å². The molecule has 0 unspecified atom stereocenters. The van der Waals surface area contributed by atoms with Crippen molar-refractivity contribution in [3.05, 3.63) is 29.6 Å². The number of aryl methyl sites for hydroxylation is 1. The zero-order chi connectivity index (χ0) is 11.5. The minimum Gasteiger partial charge on any atom is -0.387 e. The summed E-state index contributed by atoms with van der Waals surface area (Å²) in [5, 5.41) is 3.06. The van der Waals surface area contributed by atoms with Crippen LogP contribution in [-0.4, -0.2) is 18.4 Å². The lowest BCUT2D eigenvalue weighted by atomic mass is 10.2. The van der Waals surface area contributed by atoms with E-state index in [2.05, 4.69) is 10.3 Å². The number of hydrogen-bond acceptors (Lipinski definition) is 3. The summed E-state index contributed by atoms with van der Waals surface area (Å²) in [5.74, 6) is 0.492. The summed E-state index contributed by atoms with van der Waals surface area (Å²) in [6, 6.07) is 5.35. The second-order valence-corrected chi connectivity index (χ2v) is 4.18. The van der Waals surface area contributed by atoms with Crippen molar-refractivity contribution in [1.29, 1.82) is 0 Å². The van der Waals surface area contributed by atoms with Crippen LogP contribution in [0.1, 0.15) is 18.4 Å². The number of hydrogen-bond donors (Lipinski definition) is 2. The molecule has 0 saturated heterocycles. The Balaban J connectivity index is 1.95. The molecule has 0 bridgehead atoms. The SMILES string of the molecule is Cc1ccc(NC[C@H]2CCC(N)=N2)c(F)c1. The first-order chi connectivity index (χ1) is 7.65. The monoisotopic (exact) mass is 221 g/mol. The molecule has 0 aliphatic carbocycles. The standard InChI is InChI=1S/C12H16FN3/c1-8-2-4-11(10(13)6-8)15-7-9-3-5-12(14)16-9/h2,4,6,9,15H,3,5,7H2,1H3,(H2,14,16)/t9-/m1/s1. The van der Waals surface area contributed by atoms with Gasteiger partial charge in [0.15, 0.2) is 0 Å². The lowest BCUT2D eigenvalue weighted by molar-refractivity contribution is 0.625. The van der Waals surface area contributed by atoms with Crippen molar-refractivity contribution >= 4 is 11.5 Å². The van der Waals surface area contributed by atoms with Gasteiger partial charge in [-0.2, -0.15) is 0 Å². The van der Waals surface area contributed by atoms with Gasteiger partial charge in [0.05, 0.1) is 17.6 Å². The number of nitrogens with zero attached hydrogens (tertiary/aromatic N) is 1. The van der Waals surface area contributed by atoms with E-state index in [-0.39, 0.29) is 11.9 Å². The maximum atomic E-state index is 13.5. The van der Waals surface area contributed by atoms with E-state index in [1.807, 2.05) is 13.0 Å². The van der Waals surface area contributed by atoms with Crippen molar-refractivity contribution in [2.45, 2.75) is 25.8 Å². The molecule has 4 heteroatoms. The van der Waals surface area contributed by atoms with Gasteiger partial charge >= 0.3 is 0 Å². The van der Waals surface area contributed by atoms with Gasteiger partial charge in [0.25, 0.3) is 0 Å². The molecule has 1 aliphatic heterocycles. The molecular weight excluding hydrogens is 205 g/mol. The lowest BCUT2D eigenvalue weighted by Crippen LogP contribution is -2.16. The number of benzene rings is 1. The molecule has 1 aromatic carbocycles. The molecule has 0 fully saturated rings. The fraction of sp³-hybridized carbons (Fsp3) is 0.417. The van der Waals surface area contributed by atoms with Crippen molar-refractivity contribution < 1.29 is 4.39 Å². The van der Waals surface area contributed by atoms with Crippen molar-refractivity contribution in [3.8, 4) is 0 Å². The predicted molar refractivity (Wildman–Crippen MR) is 64.3 cm³/mol. The number of amidine groups is 1. The van der Waals surface area contributed by atoms with Crippen molar-refractivity contribution in [3.63, 3.8) is 0 Å². The van der Waals surface area contributed by atoms with Crippen LogP contribution in [0.3, 0.4) is 0 Å². The van der Waals surface area contributed by atoms with Crippen LogP contribution in [0.25, 0.3) is 0 Å². The maximum absolute atomic E-state index is 13.5. The highest BCUT2D eigenvalue weighted by Gasteiger charge is 2.15. The Morgan fingerprint density at radius 3 is 3.00 bits per heavy atom. The maximum Gasteiger partial charge on any atom is 0.146 e. The van der Waals surface area contributed by atoms with E-state index in [1.54, 1.807) is 6.07 Å². The Morgan fingerprint density at radius 2 is 2.38 bits per heavy atom. The van der Waals surface area contributed by atoms with E-state index >= 15 is 0 Å². The fourth-order valence-corrected chi connectivity index (χ4v) is 1.82. The van der Waals surface area contributed by atoms with E-state index in [0.717, 1.165) is 18.4 Å². The molecule has 0 radical (unpaired) electrons. The molecule has 1 heterocycles. The largest absolute Gasteiger partial charge is 0.387 e. The topological polar surface area (TPSA) is 50.4 Å². The first-order valence-electron chi connectivity index (χ1n) is 5.47. The molecular formula is C12H16FN3. The second kappa shape index (κ2) is 4.51. The molecule has 86 valence electrons. The number of rotatable bonds is 3. The average Bonchev–Trinajstić information content (AvgIpc) is 2.63. The van der Waals surface area contributed by atoms with E-state index in [4.69, 9.17) is 5.73 Å². The van der Waals surface area contributed by atoms with Crippen LogP contribution in [0.4, 0.5) is 10.1 Å². The molecule has 3 N–H and O–H groups in total. The van der Waals surface area contributed by atoms with Crippen LogP contribution in [0, 0.1) is 12.7 Å². The predicted octanol–water partition coefficient (Wildman–Crippen LogP) is 2.07. The molecule has 0 amide bonds. The van der Waals surface area contributed by atoms with Crippen LogP contribution in [0.15, 0.2) is 23.2 Å². The summed E-state index contributed by atoms with van der Waals surface area (Å²) in [6.07, 6.45) is 1.80. The zero-order valence-corrected chi connectivity index (χ0v) is 9.33. The molecule has 3 nitrogen and oxygen atoms in total. The molecule has 0 aromatic heterocycles. The third-order valence-corrected chi connectivity index (χ3v) is 2.73. The van der Waals surface area contributed by atoms with Gasteiger partial charge in [0.2, 0.25) is 0 Å². The molecule has 2 rings (SSSR count). The van der Waals surface area contributed by atoms with Crippen LogP contribution < -0.4 is 11.1 Å². The lowest BCUT2D eigenvalue weighted by Gasteiger charge is -2.10. The molecule has 1 aromatic rings. The van der Waals surface area contributed by atoms with Gasteiger partial charge in [0, 0.05) is 13.0 Å². The minimum absolute atomic E-state index is 0.181. The molecule has 0 saturated carbocycles. The van der Waals surface area contributed by atoms with Crippen LogP contribution in [-0.2, 0) is 0 Å². The number of nitrogens with one attached hydrogen (secondary N) is 1. The van der Waals surface area contributed by atoms with Crippen molar-refractivity contribution in [2.24, 2.45) is 10.7 Å². The summed E-state index contributed by atoms with van der Waals surface area (Å²) < 4.78 is 13.5. The van der Waals surface area contributed by atoms with Gasteiger partial charge < -0.3 is 11.1 Å². The summed E-state index contributed by atoms with van der Waals surface area (Å²) in [6.45, 7) is 2.51. The molecule has 16 heavy (non-hydrogen) atoms. The second-order valence-electron chi connectivity index (χ2n) is 4.18. The normalized spacial score (nSPS) is 19.6. The Bertz CT molecular complexity index is 415.